The molecule has 10 nitrogen and oxygen atoms in total. The number of aliphatic hydroxyl groups is 1. The van der Waals surface area contributed by atoms with Crippen LogP contribution in [0.4, 0.5) is 4.39 Å². The molecule has 176 valence electrons. The van der Waals surface area contributed by atoms with Crippen molar-refractivity contribution in [1.82, 2.24) is 24.7 Å². The Labute approximate surface area is 194 Å². The van der Waals surface area contributed by atoms with Gasteiger partial charge in [-0.2, -0.15) is 5.10 Å². The number of hydrogen-bond donors (Lipinski definition) is 3. The highest BCUT2D eigenvalue weighted by Crippen LogP contribution is 2.40. The summed E-state index contributed by atoms with van der Waals surface area (Å²) in [6.45, 7) is 1.95. The van der Waals surface area contributed by atoms with Crippen molar-refractivity contribution in [2.45, 2.75) is 37.8 Å². The average molecular weight is 466 g/mol. The molecule has 4 N–H and O–H groups in total. The number of nitrogens with one attached hydrogen (secondary N) is 1. The Bertz CT molecular complexity index is 1350. The summed E-state index contributed by atoms with van der Waals surface area (Å²) < 4.78 is 27.3. The van der Waals surface area contributed by atoms with Crippen LogP contribution >= 0.6 is 0 Å². The van der Waals surface area contributed by atoms with Gasteiger partial charge in [0.2, 0.25) is 0 Å². The van der Waals surface area contributed by atoms with Crippen molar-refractivity contribution >= 4 is 5.91 Å². The van der Waals surface area contributed by atoms with Gasteiger partial charge < -0.3 is 24.9 Å². The predicted molar refractivity (Wildman–Crippen MR) is 118 cm³/mol. The Balaban J connectivity index is 1.65. The van der Waals surface area contributed by atoms with E-state index in [0.717, 1.165) is 18.7 Å². The van der Waals surface area contributed by atoms with Crippen molar-refractivity contribution in [3.8, 4) is 40.5 Å². The fourth-order valence-electron chi connectivity index (χ4n) is 3.91. The first-order chi connectivity index (χ1) is 16.3. The zero-order valence-electron chi connectivity index (χ0n) is 18.7. The number of ether oxygens (including phenoxy) is 2. The van der Waals surface area contributed by atoms with Gasteiger partial charge in [-0.15, -0.1) is 0 Å². The number of amides is 1. The van der Waals surface area contributed by atoms with E-state index in [4.69, 9.17) is 15.2 Å². The quantitative estimate of drug-likeness (QED) is 0.485. The minimum Gasteiger partial charge on any atom is -0.491 e. The molecule has 1 atom stereocenters. The van der Waals surface area contributed by atoms with Crippen molar-refractivity contribution < 1.29 is 23.8 Å². The molecular formula is C23H23FN6O4. The van der Waals surface area contributed by atoms with Crippen molar-refractivity contribution in [3.63, 3.8) is 0 Å². The third kappa shape index (κ3) is 4.02. The Morgan fingerprint density at radius 1 is 1.44 bits per heavy atom. The van der Waals surface area contributed by atoms with Gasteiger partial charge in [0.05, 0.1) is 24.3 Å². The topological polar surface area (TPSA) is 141 Å². The number of carbonyl (C=O) groups is 1. The molecule has 5 rings (SSSR count). The molecule has 1 aliphatic carbocycles. The highest BCUT2D eigenvalue weighted by molar-refractivity contribution is 5.97. The molecule has 1 fully saturated rings. The molecule has 1 amide bonds. The monoisotopic (exact) mass is 466 g/mol. The second-order valence-corrected chi connectivity index (χ2v) is 8.60. The van der Waals surface area contributed by atoms with Crippen LogP contribution in [-0.4, -0.2) is 61.7 Å². The van der Waals surface area contributed by atoms with Crippen molar-refractivity contribution in [1.29, 1.82) is 0 Å². The molecule has 0 radical (unpaired) electrons. The van der Waals surface area contributed by atoms with E-state index in [1.54, 1.807) is 4.57 Å². The number of aromatic nitrogens is 5. The molecule has 2 aromatic heterocycles. The Hall–Kier alpha value is -3.75. The maximum atomic E-state index is 14.8. The van der Waals surface area contributed by atoms with Crippen LogP contribution in [0.3, 0.4) is 0 Å². The van der Waals surface area contributed by atoms with Gasteiger partial charge in [0.1, 0.15) is 41.1 Å². The summed E-state index contributed by atoms with van der Waals surface area (Å²) in [5.41, 5.74) is 5.05. The summed E-state index contributed by atoms with van der Waals surface area (Å²) in [5.74, 6) is 5.98. The van der Waals surface area contributed by atoms with Gasteiger partial charge >= 0.3 is 0 Å². The number of methoxy groups -OCH3 is 1. The van der Waals surface area contributed by atoms with Crippen molar-refractivity contribution in [2.24, 2.45) is 5.73 Å². The molecular weight excluding hydrogens is 443 g/mol. The predicted octanol–water partition coefficient (Wildman–Crippen LogP) is 1.59. The number of imidazole rings is 1. The molecule has 11 heteroatoms. The summed E-state index contributed by atoms with van der Waals surface area (Å²) in [6, 6.07) is 2.70. The van der Waals surface area contributed by atoms with Crippen LogP contribution in [0.15, 0.2) is 12.1 Å². The van der Waals surface area contributed by atoms with Gasteiger partial charge in [-0.05, 0) is 25.8 Å². The average Bonchev–Trinajstić information content (AvgIpc) is 3.43. The van der Waals surface area contributed by atoms with Gasteiger partial charge in [0.25, 0.3) is 5.91 Å². The zero-order chi connectivity index (χ0) is 24.0. The lowest BCUT2D eigenvalue weighted by Gasteiger charge is -2.14. The second kappa shape index (κ2) is 8.23. The molecule has 0 spiro atoms. The van der Waals surface area contributed by atoms with Crippen LogP contribution < -0.4 is 10.5 Å². The lowest BCUT2D eigenvalue weighted by molar-refractivity contribution is 0.0274. The molecule has 1 saturated carbocycles. The lowest BCUT2D eigenvalue weighted by atomic mass is 10.1. The maximum Gasteiger partial charge on any atom is 0.269 e. The smallest absolute Gasteiger partial charge is 0.269 e. The molecule has 1 aliphatic heterocycles. The molecule has 1 unspecified atom stereocenters. The first-order valence-corrected chi connectivity index (χ1v) is 10.8. The first kappa shape index (κ1) is 22.1. The van der Waals surface area contributed by atoms with Crippen LogP contribution in [0.25, 0.3) is 22.9 Å². The zero-order valence-corrected chi connectivity index (χ0v) is 18.7. The highest BCUT2D eigenvalue weighted by Gasteiger charge is 2.32. The van der Waals surface area contributed by atoms with Gasteiger partial charge in [-0.25, -0.2) is 14.4 Å². The van der Waals surface area contributed by atoms with Crippen LogP contribution in [0.2, 0.25) is 0 Å². The number of aromatic amines is 1. The summed E-state index contributed by atoms with van der Waals surface area (Å²) in [5, 5.41) is 17.5. The van der Waals surface area contributed by atoms with Crippen LogP contribution in [0.1, 0.15) is 47.6 Å². The molecule has 3 heterocycles. The molecule has 3 aromatic rings. The standard InChI is InChI=1S/C23H23FN6O4/c1-23(32,11-33-2)6-5-13-9-14-16(10-15(13)24)34-8-7-30-18(17(19(25)31)26-22(14)30)21-27-20(28-29-21)12-3-4-12/h9-10,12,32H,3-4,7-8,11H2,1-2H3,(H2,25,31)(H,27,28,29). The molecule has 2 aliphatic rings. The number of nitrogens with zero attached hydrogens (tertiary/aromatic N) is 4. The van der Waals surface area contributed by atoms with Crippen LogP contribution in [-0.2, 0) is 11.3 Å². The SMILES string of the molecule is COCC(C)(O)C#Cc1cc2c(cc1F)OCCn1c-2nc(C(N)=O)c1-c1n[nH]c(C2CC2)n1. The number of primary amides is 1. The van der Waals surface area contributed by atoms with E-state index in [0.29, 0.717) is 35.4 Å². The Kier molecular flexibility index (Phi) is 5.34. The highest BCUT2D eigenvalue weighted by atomic mass is 19.1. The van der Waals surface area contributed by atoms with Crippen LogP contribution in [0, 0.1) is 17.7 Å². The number of halogens is 1. The number of rotatable bonds is 5. The van der Waals surface area contributed by atoms with E-state index in [1.807, 2.05) is 0 Å². The normalized spacial score (nSPS) is 16.4. The lowest BCUT2D eigenvalue weighted by Crippen LogP contribution is -2.27. The van der Waals surface area contributed by atoms with Crippen molar-refractivity contribution in [3.05, 3.63) is 35.0 Å². The fraction of sp³-hybridized carbons (Fsp3) is 0.391. The van der Waals surface area contributed by atoms with Crippen molar-refractivity contribution in [2.75, 3.05) is 20.3 Å². The number of H-pyrrole nitrogens is 1. The van der Waals surface area contributed by atoms with E-state index < -0.39 is 17.3 Å². The van der Waals surface area contributed by atoms with Gasteiger partial charge in [-0.1, -0.05) is 11.8 Å². The number of benzene rings is 1. The van der Waals surface area contributed by atoms with E-state index >= 15 is 0 Å². The largest absolute Gasteiger partial charge is 0.491 e. The number of nitrogens with two attached hydrogens (primary N) is 1. The Morgan fingerprint density at radius 2 is 2.24 bits per heavy atom. The second-order valence-electron chi connectivity index (χ2n) is 8.60. The van der Waals surface area contributed by atoms with Crippen LogP contribution in [0.5, 0.6) is 5.75 Å². The van der Waals surface area contributed by atoms with E-state index in [2.05, 4.69) is 32.0 Å². The summed E-state index contributed by atoms with van der Waals surface area (Å²) in [7, 11) is 1.44. The van der Waals surface area contributed by atoms with Gasteiger partial charge in [-0.3, -0.25) is 9.89 Å². The number of carbonyl (C=O) groups excluding carboxylic acids is 1. The summed E-state index contributed by atoms with van der Waals surface area (Å²) >= 11 is 0. The number of fused-ring (bicyclic) bond motifs is 3. The van der Waals surface area contributed by atoms with Gasteiger partial charge in [0, 0.05) is 19.1 Å². The molecule has 0 bridgehead atoms. The Morgan fingerprint density at radius 3 is 2.94 bits per heavy atom. The van der Waals surface area contributed by atoms with Gasteiger partial charge in [0.15, 0.2) is 11.5 Å². The van der Waals surface area contributed by atoms with E-state index in [-0.39, 0.29) is 30.2 Å². The third-order valence-corrected chi connectivity index (χ3v) is 5.65. The molecule has 1 aromatic carbocycles. The maximum absolute atomic E-state index is 14.8. The summed E-state index contributed by atoms with van der Waals surface area (Å²) in [4.78, 5) is 21.3. The third-order valence-electron chi connectivity index (χ3n) is 5.65. The fourth-order valence-corrected chi connectivity index (χ4v) is 3.91. The summed E-state index contributed by atoms with van der Waals surface area (Å²) in [6.07, 6.45) is 2.07. The van der Waals surface area contributed by atoms with E-state index in [1.165, 1.54) is 26.2 Å². The first-order valence-electron chi connectivity index (χ1n) is 10.8. The molecule has 0 saturated heterocycles. The minimum atomic E-state index is -1.46. The van der Waals surface area contributed by atoms with E-state index in [9.17, 15) is 14.3 Å². The molecule has 34 heavy (non-hydrogen) atoms. The minimum absolute atomic E-state index is 0.0178. The number of hydrogen-bond acceptors (Lipinski definition) is 7.